The Bertz CT molecular complexity index is 440. The summed E-state index contributed by atoms with van der Waals surface area (Å²) in [5, 5.41) is 0. The van der Waals surface area contributed by atoms with Crippen LogP contribution in [0.1, 0.15) is 11.9 Å². The Kier molecular flexibility index (Phi) is 2.66. The van der Waals surface area contributed by atoms with Gasteiger partial charge in [0.2, 0.25) is 0 Å². The lowest BCUT2D eigenvalue weighted by molar-refractivity contribution is -0.251. The van der Waals surface area contributed by atoms with E-state index in [-0.39, 0.29) is 24.5 Å². The molecule has 2 heterocycles. The van der Waals surface area contributed by atoms with Crippen molar-refractivity contribution in [3.8, 4) is 0 Å². The molecule has 88 valence electrons. The largest absolute Gasteiger partial charge is 0.454 e. The number of rotatable bonds is 1. The van der Waals surface area contributed by atoms with Crippen molar-refractivity contribution in [2.24, 2.45) is 0 Å². The van der Waals surface area contributed by atoms with Crippen molar-refractivity contribution in [1.82, 2.24) is 0 Å². The zero-order valence-electron chi connectivity index (χ0n) is 9.11. The number of hydrogen-bond donors (Lipinski definition) is 0. The van der Waals surface area contributed by atoms with Crippen molar-refractivity contribution in [1.29, 1.82) is 0 Å². The van der Waals surface area contributed by atoms with E-state index in [4.69, 9.17) is 14.2 Å². The molecule has 3 atom stereocenters. The van der Waals surface area contributed by atoms with Crippen LogP contribution in [0.15, 0.2) is 42.5 Å². The zero-order chi connectivity index (χ0) is 11.7. The molecule has 3 rings (SSSR count). The van der Waals surface area contributed by atoms with Crippen molar-refractivity contribution < 1.29 is 19.0 Å². The average molecular weight is 232 g/mol. The molecule has 1 aromatic rings. The van der Waals surface area contributed by atoms with Crippen LogP contribution in [-0.2, 0) is 19.0 Å². The summed E-state index contributed by atoms with van der Waals surface area (Å²) < 4.78 is 16.4. The molecule has 1 saturated heterocycles. The van der Waals surface area contributed by atoms with Gasteiger partial charge in [-0.05, 0) is 6.08 Å². The van der Waals surface area contributed by atoms with Crippen molar-refractivity contribution in [2.45, 2.75) is 18.5 Å². The summed E-state index contributed by atoms with van der Waals surface area (Å²) in [6.45, 7) is 0.361. The smallest absolute Gasteiger partial charge is 0.330 e. The lowest BCUT2D eigenvalue weighted by Gasteiger charge is -2.36. The minimum atomic E-state index is -0.390. The van der Waals surface area contributed by atoms with E-state index >= 15 is 0 Å². The minimum absolute atomic E-state index is 0.216. The first-order chi connectivity index (χ1) is 8.33. The molecule has 0 N–H and O–H groups in total. The molecule has 4 nitrogen and oxygen atoms in total. The van der Waals surface area contributed by atoms with Gasteiger partial charge in [-0.1, -0.05) is 30.3 Å². The molecule has 0 radical (unpaired) electrons. The molecule has 2 aliphatic heterocycles. The normalized spacial score (nSPS) is 31.8. The van der Waals surface area contributed by atoms with Crippen molar-refractivity contribution >= 4 is 5.97 Å². The highest BCUT2D eigenvalue weighted by Gasteiger charge is 2.35. The molecule has 1 fully saturated rings. The highest BCUT2D eigenvalue weighted by Crippen LogP contribution is 2.29. The predicted molar refractivity (Wildman–Crippen MR) is 59.0 cm³/mol. The molecule has 4 heteroatoms. The van der Waals surface area contributed by atoms with Gasteiger partial charge in [0.15, 0.2) is 12.4 Å². The summed E-state index contributed by atoms with van der Waals surface area (Å²) in [6.07, 6.45) is 2.20. The average Bonchev–Trinajstić information content (AvgIpc) is 2.39. The minimum Gasteiger partial charge on any atom is -0.454 e. The summed E-state index contributed by atoms with van der Waals surface area (Å²) in [5.74, 6) is -0.336. The number of esters is 1. The van der Waals surface area contributed by atoms with E-state index in [0.29, 0.717) is 6.61 Å². The third-order valence-electron chi connectivity index (χ3n) is 2.82. The second kappa shape index (κ2) is 4.31. The fraction of sp³-hybridized carbons (Fsp3) is 0.308. The Morgan fingerprint density at radius 1 is 1.18 bits per heavy atom. The third kappa shape index (κ3) is 2.09. The summed E-state index contributed by atoms with van der Waals surface area (Å²) >= 11 is 0. The maximum absolute atomic E-state index is 11.0. The first kappa shape index (κ1) is 10.5. The highest BCUT2D eigenvalue weighted by atomic mass is 16.7. The molecule has 0 saturated carbocycles. The van der Waals surface area contributed by atoms with Gasteiger partial charge in [0, 0.05) is 11.6 Å². The summed E-state index contributed by atoms with van der Waals surface area (Å²) in [4.78, 5) is 11.0. The van der Waals surface area contributed by atoms with Gasteiger partial charge in [-0.25, -0.2) is 4.79 Å². The number of hydrogen-bond acceptors (Lipinski definition) is 4. The first-order valence-electron chi connectivity index (χ1n) is 5.54. The SMILES string of the molecule is O=C1C=C[C@H]2O[C@@H](c3ccccc3)OC[C@H]2O1. The van der Waals surface area contributed by atoms with Crippen LogP contribution in [0, 0.1) is 0 Å². The third-order valence-corrected chi connectivity index (χ3v) is 2.82. The highest BCUT2D eigenvalue weighted by molar-refractivity contribution is 5.83. The van der Waals surface area contributed by atoms with E-state index in [1.54, 1.807) is 6.08 Å². The quantitative estimate of drug-likeness (QED) is 0.690. The summed E-state index contributed by atoms with van der Waals surface area (Å²) in [5.41, 5.74) is 0.969. The first-order valence-corrected chi connectivity index (χ1v) is 5.54. The molecular formula is C13H12O4. The van der Waals surface area contributed by atoms with Gasteiger partial charge < -0.3 is 14.2 Å². The van der Waals surface area contributed by atoms with Gasteiger partial charge in [-0.15, -0.1) is 0 Å². The Balaban J connectivity index is 1.76. The van der Waals surface area contributed by atoms with Crippen molar-refractivity contribution in [3.05, 3.63) is 48.0 Å². The number of carbonyl (C=O) groups is 1. The standard InChI is InChI=1S/C13H12O4/c14-12-7-6-10-11(16-12)8-15-13(17-10)9-4-2-1-3-5-9/h1-7,10-11,13H,8H2/t10-,11-,13+/m1/s1. The van der Waals surface area contributed by atoms with Crippen LogP contribution < -0.4 is 0 Å². The molecule has 0 spiro atoms. The predicted octanol–water partition coefficient (Wildman–Crippen LogP) is 1.58. The molecule has 0 aromatic heterocycles. The van der Waals surface area contributed by atoms with Crippen LogP contribution >= 0.6 is 0 Å². The molecular weight excluding hydrogens is 220 g/mol. The van der Waals surface area contributed by atoms with Gasteiger partial charge >= 0.3 is 5.97 Å². The monoisotopic (exact) mass is 232 g/mol. The molecule has 17 heavy (non-hydrogen) atoms. The summed E-state index contributed by atoms with van der Waals surface area (Å²) in [6, 6.07) is 9.71. The molecule has 2 aliphatic rings. The molecule has 0 amide bonds. The maximum atomic E-state index is 11.0. The van der Waals surface area contributed by atoms with Gasteiger partial charge in [0.05, 0.1) is 6.61 Å². The lowest BCUT2D eigenvalue weighted by atomic mass is 10.1. The van der Waals surface area contributed by atoms with Crippen molar-refractivity contribution in [2.75, 3.05) is 6.61 Å². The van der Waals surface area contributed by atoms with E-state index in [1.165, 1.54) is 6.08 Å². The number of carbonyl (C=O) groups excluding carboxylic acids is 1. The van der Waals surface area contributed by atoms with E-state index < -0.39 is 0 Å². The van der Waals surface area contributed by atoms with Gasteiger partial charge in [0.25, 0.3) is 0 Å². The number of benzene rings is 1. The fourth-order valence-electron chi connectivity index (χ4n) is 1.96. The zero-order valence-corrected chi connectivity index (χ0v) is 9.11. The van der Waals surface area contributed by atoms with E-state index in [0.717, 1.165) is 5.56 Å². The van der Waals surface area contributed by atoms with Crippen LogP contribution in [0.25, 0.3) is 0 Å². The molecule has 0 aliphatic carbocycles. The maximum Gasteiger partial charge on any atom is 0.330 e. The fourth-order valence-corrected chi connectivity index (χ4v) is 1.96. The van der Waals surface area contributed by atoms with Crippen molar-refractivity contribution in [3.63, 3.8) is 0 Å². The van der Waals surface area contributed by atoms with Crippen LogP contribution in [0.4, 0.5) is 0 Å². The Labute approximate surface area is 98.8 Å². The van der Waals surface area contributed by atoms with E-state index in [1.807, 2.05) is 30.3 Å². The molecule has 0 unspecified atom stereocenters. The Morgan fingerprint density at radius 3 is 2.82 bits per heavy atom. The number of fused-ring (bicyclic) bond motifs is 1. The topological polar surface area (TPSA) is 44.8 Å². The Morgan fingerprint density at radius 2 is 2.00 bits per heavy atom. The van der Waals surface area contributed by atoms with Gasteiger partial charge in [-0.2, -0.15) is 0 Å². The van der Waals surface area contributed by atoms with E-state index in [9.17, 15) is 4.79 Å². The Hall–Kier alpha value is -1.65. The van der Waals surface area contributed by atoms with Crippen LogP contribution in [0.2, 0.25) is 0 Å². The van der Waals surface area contributed by atoms with Gasteiger partial charge in [0.1, 0.15) is 6.10 Å². The number of ether oxygens (including phenoxy) is 3. The van der Waals surface area contributed by atoms with Gasteiger partial charge in [-0.3, -0.25) is 0 Å². The molecule has 1 aromatic carbocycles. The molecule has 0 bridgehead atoms. The lowest BCUT2D eigenvalue weighted by Crippen LogP contribution is -2.44. The second-order valence-electron chi connectivity index (χ2n) is 4.01. The van der Waals surface area contributed by atoms with Crippen LogP contribution in [0.3, 0.4) is 0 Å². The van der Waals surface area contributed by atoms with Crippen LogP contribution in [0.5, 0.6) is 0 Å². The summed E-state index contributed by atoms with van der Waals surface area (Å²) in [7, 11) is 0. The second-order valence-corrected chi connectivity index (χ2v) is 4.01. The van der Waals surface area contributed by atoms with E-state index in [2.05, 4.69) is 0 Å². The van der Waals surface area contributed by atoms with Crippen LogP contribution in [-0.4, -0.2) is 24.8 Å².